The summed E-state index contributed by atoms with van der Waals surface area (Å²) in [4.78, 5) is 2.02. The Hall–Kier alpha value is -0.530. The zero-order valence-electron chi connectivity index (χ0n) is 7.31. The van der Waals surface area contributed by atoms with Crippen LogP contribution in [0, 0.1) is 5.92 Å². The number of piperidine rings is 1. The van der Waals surface area contributed by atoms with Gasteiger partial charge in [0.05, 0.1) is 0 Å². The van der Waals surface area contributed by atoms with E-state index in [9.17, 15) is 4.39 Å². The van der Waals surface area contributed by atoms with Gasteiger partial charge in [0.1, 0.15) is 6.17 Å². The van der Waals surface area contributed by atoms with E-state index in [-0.39, 0.29) is 5.92 Å². The van der Waals surface area contributed by atoms with Crippen LogP contribution in [-0.4, -0.2) is 24.2 Å². The Morgan fingerprint density at radius 2 is 2.27 bits per heavy atom. The maximum absolute atomic E-state index is 13.1. The maximum Gasteiger partial charge on any atom is 0.120 e. The Morgan fingerprint density at radius 1 is 1.64 bits per heavy atom. The highest BCUT2D eigenvalue weighted by Gasteiger charge is 2.24. The normalized spacial score (nSPS) is 32.1. The first-order chi connectivity index (χ1) is 5.11. The van der Waals surface area contributed by atoms with E-state index in [1.807, 2.05) is 18.7 Å². The monoisotopic (exact) mass is 157 g/mol. The number of rotatable bonds is 1. The summed E-state index contributed by atoms with van der Waals surface area (Å²) in [6, 6.07) is 0. The van der Waals surface area contributed by atoms with E-state index in [0.29, 0.717) is 6.54 Å². The van der Waals surface area contributed by atoms with Gasteiger partial charge in [-0.3, -0.25) is 0 Å². The molecule has 1 heterocycles. The van der Waals surface area contributed by atoms with Crippen molar-refractivity contribution in [1.82, 2.24) is 4.90 Å². The molecule has 0 bridgehead atoms. The van der Waals surface area contributed by atoms with Crippen molar-refractivity contribution in [3.63, 3.8) is 0 Å². The molecule has 0 aromatic heterocycles. The smallest absolute Gasteiger partial charge is 0.120 e. The third-order valence-corrected chi connectivity index (χ3v) is 2.41. The minimum atomic E-state index is -0.666. The van der Waals surface area contributed by atoms with E-state index in [0.717, 1.165) is 18.7 Å². The van der Waals surface area contributed by atoms with Crippen molar-refractivity contribution in [3.05, 3.63) is 12.3 Å². The second kappa shape index (κ2) is 3.24. The van der Waals surface area contributed by atoms with E-state index >= 15 is 0 Å². The molecule has 1 aliphatic rings. The summed E-state index contributed by atoms with van der Waals surface area (Å²) < 4.78 is 13.1. The average Bonchev–Trinajstić information content (AvgIpc) is 1.94. The Bertz CT molecular complexity index is 156. The Balaban J connectivity index is 2.46. The number of hydrogen-bond donors (Lipinski definition) is 0. The van der Waals surface area contributed by atoms with Crippen molar-refractivity contribution in [3.8, 4) is 0 Å². The molecule has 0 amide bonds. The highest BCUT2D eigenvalue weighted by molar-refractivity contribution is 4.93. The molecule has 2 atom stereocenters. The number of halogens is 1. The highest BCUT2D eigenvalue weighted by Crippen LogP contribution is 2.21. The molecule has 1 nitrogen and oxygen atoms in total. The lowest BCUT2D eigenvalue weighted by molar-refractivity contribution is 0.117. The lowest BCUT2D eigenvalue weighted by Crippen LogP contribution is -2.39. The zero-order chi connectivity index (χ0) is 8.43. The van der Waals surface area contributed by atoms with E-state index < -0.39 is 6.17 Å². The van der Waals surface area contributed by atoms with Crippen LogP contribution in [0.3, 0.4) is 0 Å². The predicted molar refractivity (Wildman–Crippen MR) is 45.1 cm³/mol. The quantitative estimate of drug-likeness (QED) is 0.564. The molecule has 0 aromatic rings. The van der Waals surface area contributed by atoms with Gasteiger partial charge in [0.2, 0.25) is 0 Å². The van der Waals surface area contributed by atoms with Gasteiger partial charge in [0, 0.05) is 18.8 Å². The summed E-state index contributed by atoms with van der Waals surface area (Å²) in [5.41, 5.74) is 0.986. The molecule has 0 aliphatic carbocycles. The van der Waals surface area contributed by atoms with Gasteiger partial charge in [0.15, 0.2) is 0 Å². The standard InChI is InChI=1S/C9H16FN/c1-7(2)11-5-4-8(3)9(10)6-11/h8-9H,1,4-6H2,2-3H3/t8-,9+/m1/s1. The number of hydrogen-bond acceptors (Lipinski definition) is 1. The van der Waals surface area contributed by atoms with Crippen LogP contribution in [0.1, 0.15) is 20.3 Å². The predicted octanol–water partition coefficient (Wildman–Crippen LogP) is 2.20. The molecule has 1 saturated heterocycles. The SMILES string of the molecule is C=C(C)N1CC[C@@H](C)[C@@H](F)C1. The third kappa shape index (κ3) is 1.95. The molecular weight excluding hydrogens is 141 g/mol. The molecule has 64 valence electrons. The molecule has 1 fully saturated rings. The number of nitrogens with zero attached hydrogens (tertiary/aromatic N) is 1. The van der Waals surface area contributed by atoms with Crippen LogP contribution >= 0.6 is 0 Å². The van der Waals surface area contributed by atoms with Gasteiger partial charge in [-0.1, -0.05) is 13.5 Å². The van der Waals surface area contributed by atoms with Crippen LogP contribution in [-0.2, 0) is 0 Å². The molecular formula is C9H16FN. The van der Waals surface area contributed by atoms with Crippen molar-refractivity contribution in [2.75, 3.05) is 13.1 Å². The molecule has 11 heavy (non-hydrogen) atoms. The molecule has 1 rings (SSSR count). The van der Waals surface area contributed by atoms with E-state index in [2.05, 4.69) is 6.58 Å². The summed E-state index contributed by atoms with van der Waals surface area (Å²) in [5, 5.41) is 0. The van der Waals surface area contributed by atoms with Crippen LogP contribution in [0.5, 0.6) is 0 Å². The van der Waals surface area contributed by atoms with Gasteiger partial charge in [-0.25, -0.2) is 4.39 Å². The second-order valence-electron chi connectivity index (χ2n) is 3.46. The van der Waals surface area contributed by atoms with Gasteiger partial charge in [-0.15, -0.1) is 0 Å². The fourth-order valence-electron chi connectivity index (χ4n) is 1.37. The topological polar surface area (TPSA) is 3.24 Å². The molecule has 1 aliphatic heterocycles. The van der Waals surface area contributed by atoms with Crippen LogP contribution in [0.25, 0.3) is 0 Å². The van der Waals surface area contributed by atoms with E-state index in [1.165, 1.54) is 0 Å². The van der Waals surface area contributed by atoms with Gasteiger partial charge in [-0.2, -0.15) is 0 Å². The Morgan fingerprint density at radius 3 is 2.73 bits per heavy atom. The fourth-order valence-corrected chi connectivity index (χ4v) is 1.37. The van der Waals surface area contributed by atoms with Crippen molar-refractivity contribution in [2.24, 2.45) is 5.92 Å². The lowest BCUT2D eigenvalue weighted by Gasteiger charge is -2.34. The first-order valence-electron chi connectivity index (χ1n) is 4.16. The summed E-state index contributed by atoms with van der Waals surface area (Å²) in [5.74, 6) is 0.227. The summed E-state index contributed by atoms with van der Waals surface area (Å²) >= 11 is 0. The zero-order valence-corrected chi connectivity index (χ0v) is 7.31. The molecule has 0 saturated carbocycles. The molecule has 0 spiro atoms. The minimum Gasteiger partial charge on any atom is -0.373 e. The number of likely N-dealkylation sites (tertiary alicyclic amines) is 1. The summed E-state index contributed by atoms with van der Waals surface area (Å²) in [6.45, 7) is 9.21. The molecule has 2 heteroatoms. The molecule has 0 radical (unpaired) electrons. The first-order valence-corrected chi connectivity index (χ1v) is 4.16. The van der Waals surface area contributed by atoms with Crippen LogP contribution in [0.15, 0.2) is 12.3 Å². The van der Waals surface area contributed by atoms with Crippen molar-refractivity contribution in [2.45, 2.75) is 26.4 Å². The summed E-state index contributed by atoms with van der Waals surface area (Å²) in [6.07, 6.45) is 0.286. The Labute approximate surface area is 67.9 Å². The molecule has 0 aromatic carbocycles. The molecule has 0 unspecified atom stereocenters. The average molecular weight is 157 g/mol. The van der Waals surface area contributed by atoms with Gasteiger partial charge < -0.3 is 4.90 Å². The highest BCUT2D eigenvalue weighted by atomic mass is 19.1. The largest absolute Gasteiger partial charge is 0.373 e. The van der Waals surface area contributed by atoms with Crippen molar-refractivity contribution < 1.29 is 4.39 Å². The van der Waals surface area contributed by atoms with Gasteiger partial charge in [0.25, 0.3) is 0 Å². The lowest BCUT2D eigenvalue weighted by atomic mass is 9.97. The first kappa shape index (κ1) is 8.57. The molecule has 0 N–H and O–H groups in total. The van der Waals surface area contributed by atoms with Crippen molar-refractivity contribution >= 4 is 0 Å². The summed E-state index contributed by atoms with van der Waals surface area (Å²) in [7, 11) is 0. The fraction of sp³-hybridized carbons (Fsp3) is 0.778. The number of allylic oxidation sites excluding steroid dienone is 1. The van der Waals surface area contributed by atoms with Gasteiger partial charge in [-0.05, 0) is 19.3 Å². The maximum atomic E-state index is 13.1. The van der Waals surface area contributed by atoms with E-state index in [4.69, 9.17) is 0 Å². The van der Waals surface area contributed by atoms with Crippen LogP contribution in [0.4, 0.5) is 4.39 Å². The minimum absolute atomic E-state index is 0.227. The van der Waals surface area contributed by atoms with Gasteiger partial charge >= 0.3 is 0 Å². The van der Waals surface area contributed by atoms with Crippen LogP contribution in [0.2, 0.25) is 0 Å². The van der Waals surface area contributed by atoms with Crippen LogP contribution < -0.4 is 0 Å². The number of alkyl halides is 1. The third-order valence-electron chi connectivity index (χ3n) is 2.41. The Kier molecular flexibility index (Phi) is 2.53. The van der Waals surface area contributed by atoms with E-state index in [1.54, 1.807) is 0 Å². The van der Waals surface area contributed by atoms with Crippen molar-refractivity contribution in [1.29, 1.82) is 0 Å². The second-order valence-corrected chi connectivity index (χ2v) is 3.46.